The van der Waals surface area contributed by atoms with E-state index in [2.05, 4.69) is 10.3 Å². The Kier molecular flexibility index (Phi) is 10.7. The molecule has 0 unspecified atom stereocenters. The molecule has 0 aromatic heterocycles. The summed E-state index contributed by atoms with van der Waals surface area (Å²) in [6, 6.07) is 12.0. The molecule has 1 heterocycles. The van der Waals surface area contributed by atoms with Gasteiger partial charge >= 0.3 is 6.09 Å². The SMILES string of the molecule is CC(C)(C)OC(=O)N1CCN=C1c1ccc(CNCC(=O)COCCN(C2CC2)S(=O)(=O)c2c(Cl)cccc2Cl)cc1. The molecular weight excluding hydrogens is 603 g/mol. The highest BCUT2D eigenvalue weighted by Gasteiger charge is 2.39. The monoisotopic (exact) mass is 638 g/mol. The number of carbonyl (C=O) groups is 2. The van der Waals surface area contributed by atoms with Gasteiger partial charge in [-0.2, -0.15) is 4.31 Å². The zero-order valence-electron chi connectivity index (χ0n) is 23.9. The number of amides is 1. The number of amidine groups is 1. The van der Waals surface area contributed by atoms with Gasteiger partial charge in [-0.25, -0.2) is 13.2 Å². The predicted molar refractivity (Wildman–Crippen MR) is 162 cm³/mol. The van der Waals surface area contributed by atoms with Crippen molar-refractivity contribution in [3.63, 3.8) is 0 Å². The van der Waals surface area contributed by atoms with Gasteiger partial charge in [0.15, 0.2) is 5.78 Å². The molecule has 228 valence electrons. The molecule has 2 aromatic carbocycles. The average molecular weight is 640 g/mol. The van der Waals surface area contributed by atoms with E-state index in [0.29, 0.717) is 25.5 Å². The summed E-state index contributed by atoms with van der Waals surface area (Å²) in [6.07, 6.45) is 1.08. The molecular formula is C29H36Cl2N4O6S. The van der Waals surface area contributed by atoms with E-state index in [4.69, 9.17) is 32.7 Å². The summed E-state index contributed by atoms with van der Waals surface area (Å²) in [6.45, 7) is 7.05. The van der Waals surface area contributed by atoms with Crippen molar-refractivity contribution in [2.24, 2.45) is 4.99 Å². The molecule has 0 spiro atoms. The molecule has 13 heteroatoms. The summed E-state index contributed by atoms with van der Waals surface area (Å²) in [5, 5.41) is 3.24. The fourth-order valence-corrected chi connectivity index (χ4v) is 7.17. The number of aliphatic imine (C=N–C) groups is 1. The molecule has 1 N–H and O–H groups in total. The molecule has 10 nitrogen and oxygen atoms in total. The summed E-state index contributed by atoms with van der Waals surface area (Å²) in [7, 11) is -3.91. The van der Waals surface area contributed by atoms with Crippen LogP contribution in [0, 0.1) is 0 Å². The second kappa shape index (κ2) is 13.8. The smallest absolute Gasteiger partial charge is 0.416 e. The number of halogens is 2. The van der Waals surface area contributed by atoms with E-state index in [1.807, 2.05) is 45.0 Å². The van der Waals surface area contributed by atoms with Crippen LogP contribution in [-0.4, -0.2) is 86.4 Å². The summed E-state index contributed by atoms with van der Waals surface area (Å²) >= 11 is 12.3. The van der Waals surface area contributed by atoms with Gasteiger partial charge in [0.2, 0.25) is 10.0 Å². The number of benzene rings is 2. The van der Waals surface area contributed by atoms with Crippen LogP contribution in [0.25, 0.3) is 0 Å². The average Bonchev–Trinajstić information content (AvgIpc) is 3.61. The van der Waals surface area contributed by atoms with Gasteiger partial charge in [-0.05, 0) is 51.3 Å². The highest BCUT2D eigenvalue weighted by atomic mass is 35.5. The van der Waals surface area contributed by atoms with E-state index in [1.165, 1.54) is 16.4 Å². The Bertz CT molecular complexity index is 1400. The number of nitrogens with zero attached hydrogens (tertiary/aromatic N) is 3. The van der Waals surface area contributed by atoms with Crippen molar-refractivity contribution in [3.05, 3.63) is 63.6 Å². The lowest BCUT2D eigenvalue weighted by atomic mass is 10.1. The molecule has 1 aliphatic carbocycles. The minimum absolute atomic E-state index is 0.0647. The Hall–Kier alpha value is -2.54. The summed E-state index contributed by atoms with van der Waals surface area (Å²) < 4.78 is 38.9. The van der Waals surface area contributed by atoms with Crippen LogP contribution in [-0.2, 0) is 30.8 Å². The largest absolute Gasteiger partial charge is 0.443 e. The fourth-order valence-electron chi connectivity index (χ4n) is 4.41. The Balaban J connectivity index is 1.20. The number of nitrogens with one attached hydrogen (secondary N) is 1. The van der Waals surface area contributed by atoms with Gasteiger partial charge in [0, 0.05) is 24.7 Å². The molecule has 2 aromatic rings. The summed E-state index contributed by atoms with van der Waals surface area (Å²) in [5.41, 5.74) is 1.18. The normalized spacial score (nSPS) is 15.7. The molecule has 1 aliphatic heterocycles. The van der Waals surface area contributed by atoms with Crippen LogP contribution >= 0.6 is 23.2 Å². The van der Waals surface area contributed by atoms with Crippen LogP contribution in [0.5, 0.6) is 0 Å². The zero-order chi connectivity index (χ0) is 30.5. The topological polar surface area (TPSA) is 118 Å². The molecule has 0 saturated heterocycles. The lowest BCUT2D eigenvalue weighted by Crippen LogP contribution is -2.39. The molecule has 0 bridgehead atoms. The van der Waals surface area contributed by atoms with E-state index in [9.17, 15) is 18.0 Å². The number of Topliss-reactive ketones (excluding diaryl/α,β-unsaturated/α-hetero) is 1. The molecule has 1 saturated carbocycles. The zero-order valence-corrected chi connectivity index (χ0v) is 26.3. The highest BCUT2D eigenvalue weighted by Crippen LogP contribution is 2.37. The van der Waals surface area contributed by atoms with Crippen molar-refractivity contribution < 1.29 is 27.5 Å². The van der Waals surface area contributed by atoms with Gasteiger partial charge in [-0.3, -0.25) is 14.7 Å². The Morgan fingerprint density at radius 2 is 1.76 bits per heavy atom. The van der Waals surface area contributed by atoms with Gasteiger partial charge in [-0.15, -0.1) is 0 Å². The van der Waals surface area contributed by atoms with Gasteiger partial charge < -0.3 is 14.8 Å². The first kappa shape index (κ1) is 32.4. The molecule has 2 aliphatic rings. The first-order valence-corrected chi connectivity index (χ1v) is 16.0. The van der Waals surface area contributed by atoms with Gasteiger partial charge in [0.25, 0.3) is 0 Å². The predicted octanol–water partition coefficient (Wildman–Crippen LogP) is 4.52. The standard InChI is InChI=1S/C29H36Cl2N4O6S/c1-29(2,3)41-28(37)34-14-13-33-27(34)21-9-7-20(8-10-21)17-32-18-23(36)19-40-16-15-35(22-11-12-22)42(38,39)26-24(30)5-4-6-25(26)31/h4-10,22,32H,11-19H2,1-3H3. The molecule has 0 radical (unpaired) electrons. The number of ketones is 1. The van der Waals surface area contributed by atoms with Crippen molar-refractivity contribution in [2.45, 2.75) is 56.7 Å². The maximum atomic E-state index is 13.2. The van der Waals surface area contributed by atoms with Gasteiger partial charge in [0.05, 0.1) is 36.3 Å². The highest BCUT2D eigenvalue weighted by molar-refractivity contribution is 7.89. The fraction of sp³-hybridized carbons (Fsp3) is 0.483. The Morgan fingerprint density at radius 3 is 2.38 bits per heavy atom. The second-order valence-electron chi connectivity index (χ2n) is 11.1. The van der Waals surface area contributed by atoms with E-state index in [-0.39, 0.29) is 53.1 Å². The molecule has 4 rings (SSSR count). The third-order valence-electron chi connectivity index (χ3n) is 6.48. The first-order valence-electron chi connectivity index (χ1n) is 13.8. The molecule has 0 atom stereocenters. The maximum Gasteiger partial charge on any atom is 0.416 e. The van der Waals surface area contributed by atoms with Crippen molar-refractivity contribution in [3.8, 4) is 0 Å². The minimum Gasteiger partial charge on any atom is -0.443 e. The van der Waals surface area contributed by atoms with Crippen molar-refractivity contribution in [1.29, 1.82) is 0 Å². The second-order valence-corrected chi connectivity index (χ2v) is 13.8. The van der Waals surface area contributed by atoms with Crippen LogP contribution < -0.4 is 5.32 Å². The minimum atomic E-state index is -3.91. The third-order valence-corrected chi connectivity index (χ3v) is 9.38. The van der Waals surface area contributed by atoms with Crippen LogP contribution in [0.1, 0.15) is 44.7 Å². The summed E-state index contributed by atoms with van der Waals surface area (Å²) in [4.78, 5) is 30.8. The number of carbonyl (C=O) groups excluding carboxylic acids is 2. The third kappa shape index (κ3) is 8.52. The molecule has 1 fully saturated rings. The van der Waals surface area contributed by atoms with E-state index < -0.39 is 21.7 Å². The van der Waals surface area contributed by atoms with Crippen LogP contribution in [0.3, 0.4) is 0 Å². The lowest BCUT2D eigenvalue weighted by Gasteiger charge is -2.25. The first-order chi connectivity index (χ1) is 19.9. The van der Waals surface area contributed by atoms with E-state index >= 15 is 0 Å². The van der Waals surface area contributed by atoms with Crippen molar-refractivity contribution >= 4 is 50.9 Å². The van der Waals surface area contributed by atoms with Gasteiger partial charge in [0.1, 0.15) is 22.9 Å². The number of hydrogen-bond donors (Lipinski definition) is 1. The number of hydrogen-bond acceptors (Lipinski definition) is 8. The van der Waals surface area contributed by atoms with Crippen LogP contribution in [0.4, 0.5) is 4.79 Å². The van der Waals surface area contributed by atoms with E-state index in [0.717, 1.165) is 24.0 Å². The number of ether oxygens (including phenoxy) is 2. The Labute approximate surface area is 257 Å². The van der Waals surface area contributed by atoms with Crippen molar-refractivity contribution in [2.75, 3.05) is 39.4 Å². The lowest BCUT2D eigenvalue weighted by molar-refractivity contribution is -0.122. The maximum absolute atomic E-state index is 13.2. The number of sulfonamides is 1. The molecule has 1 amide bonds. The van der Waals surface area contributed by atoms with Gasteiger partial charge in [-0.1, -0.05) is 53.5 Å². The van der Waals surface area contributed by atoms with Crippen LogP contribution in [0.2, 0.25) is 10.0 Å². The summed E-state index contributed by atoms with van der Waals surface area (Å²) in [5.74, 6) is 0.425. The molecule has 42 heavy (non-hydrogen) atoms. The van der Waals surface area contributed by atoms with Crippen molar-refractivity contribution in [1.82, 2.24) is 14.5 Å². The quantitative estimate of drug-likeness (QED) is 0.321. The number of rotatable bonds is 13. The van der Waals surface area contributed by atoms with Crippen LogP contribution in [0.15, 0.2) is 52.4 Å². The van der Waals surface area contributed by atoms with E-state index in [1.54, 1.807) is 11.0 Å². The Morgan fingerprint density at radius 1 is 1.10 bits per heavy atom.